The second kappa shape index (κ2) is 7.22. The molecule has 3 heteroatoms. The molecule has 0 bridgehead atoms. The lowest BCUT2D eigenvalue weighted by Crippen LogP contribution is -2.49. The van der Waals surface area contributed by atoms with Crippen LogP contribution in [0.1, 0.15) is 27.2 Å². The second-order valence-electron chi connectivity index (χ2n) is 6.68. The highest BCUT2D eigenvalue weighted by atomic mass is 16.5. The van der Waals surface area contributed by atoms with Crippen molar-refractivity contribution < 1.29 is 4.74 Å². The van der Waals surface area contributed by atoms with Gasteiger partial charge in [-0.1, -0.05) is 12.2 Å². The number of rotatable bonds is 8. The molecule has 0 aliphatic carbocycles. The van der Waals surface area contributed by atoms with Crippen molar-refractivity contribution in [2.75, 3.05) is 39.4 Å². The average Bonchev–Trinajstić information content (AvgIpc) is 2.76. The van der Waals surface area contributed by atoms with Crippen LogP contribution in [-0.4, -0.2) is 49.8 Å². The monoisotopic (exact) mass is 266 g/mol. The Morgan fingerprint density at radius 3 is 2.32 bits per heavy atom. The van der Waals surface area contributed by atoms with E-state index in [9.17, 15) is 0 Å². The van der Waals surface area contributed by atoms with E-state index in [1.54, 1.807) is 0 Å². The van der Waals surface area contributed by atoms with Gasteiger partial charge < -0.3 is 10.1 Å². The molecule has 1 heterocycles. The van der Waals surface area contributed by atoms with Crippen LogP contribution in [0.25, 0.3) is 0 Å². The fraction of sp³-hybridized carbons (Fsp3) is 0.750. The van der Waals surface area contributed by atoms with Gasteiger partial charge in [0.05, 0.1) is 6.61 Å². The maximum Gasteiger partial charge on any atom is 0.0547 e. The Bertz CT molecular complexity index is 278. The smallest absolute Gasteiger partial charge is 0.0547 e. The number of nitrogens with one attached hydrogen (secondary N) is 1. The Kier molecular flexibility index (Phi) is 6.24. The summed E-state index contributed by atoms with van der Waals surface area (Å²) in [6.07, 6.45) is 5.05. The van der Waals surface area contributed by atoms with Gasteiger partial charge in [0, 0.05) is 43.7 Å². The van der Waals surface area contributed by atoms with Gasteiger partial charge in [-0.05, 0) is 27.2 Å². The third-order valence-corrected chi connectivity index (χ3v) is 3.51. The third kappa shape index (κ3) is 5.89. The molecule has 1 rings (SSSR count). The Hall–Kier alpha value is -0.640. The molecule has 0 spiro atoms. The van der Waals surface area contributed by atoms with E-state index in [0.717, 1.165) is 45.8 Å². The van der Waals surface area contributed by atoms with Crippen LogP contribution in [0.2, 0.25) is 0 Å². The summed E-state index contributed by atoms with van der Waals surface area (Å²) in [5, 5.41) is 3.64. The molecule has 3 nitrogen and oxygen atoms in total. The molecule has 0 saturated carbocycles. The molecule has 110 valence electrons. The highest BCUT2D eigenvalue weighted by Gasteiger charge is 2.36. The van der Waals surface area contributed by atoms with Crippen molar-refractivity contribution >= 4 is 0 Å². The molecule has 0 aromatic rings. The van der Waals surface area contributed by atoms with Gasteiger partial charge in [0.2, 0.25) is 0 Å². The SMILES string of the molecule is C=CCN(CC=C)CC1(CNC(C)(C)C)CCOC1. The number of hydrogen-bond donors (Lipinski definition) is 1. The van der Waals surface area contributed by atoms with Gasteiger partial charge in [-0.15, -0.1) is 13.2 Å². The van der Waals surface area contributed by atoms with Crippen molar-refractivity contribution in [2.45, 2.75) is 32.7 Å². The van der Waals surface area contributed by atoms with E-state index in [1.165, 1.54) is 0 Å². The van der Waals surface area contributed by atoms with Crippen LogP contribution in [-0.2, 0) is 4.74 Å². The predicted molar refractivity (Wildman–Crippen MR) is 82.5 cm³/mol. The summed E-state index contributed by atoms with van der Waals surface area (Å²) in [6.45, 7) is 19.9. The molecule has 1 atom stereocenters. The Labute approximate surface area is 118 Å². The molecule has 0 aromatic heterocycles. The molecule has 1 saturated heterocycles. The number of nitrogens with zero attached hydrogens (tertiary/aromatic N) is 1. The van der Waals surface area contributed by atoms with Crippen molar-refractivity contribution in [3.05, 3.63) is 25.3 Å². The van der Waals surface area contributed by atoms with Gasteiger partial charge in [0.1, 0.15) is 0 Å². The van der Waals surface area contributed by atoms with Crippen molar-refractivity contribution in [2.24, 2.45) is 5.41 Å². The van der Waals surface area contributed by atoms with Crippen molar-refractivity contribution in [1.29, 1.82) is 0 Å². The largest absolute Gasteiger partial charge is 0.381 e. The van der Waals surface area contributed by atoms with Crippen molar-refractivity contribution in [3.63, 3.8) is 0 Å². The quantitative estimate of drug-likeness (QED) is 0.683. The lowest BCUT2D eigenvalue weighted by molar-refractivity contribution is 0.112. The van der Waals surface area contributed by atoms with E-state index in [2.05, 4.69) is 44.1 Å². The van der Waals surface area contributed by atoms with Crippen LogP contribution in [0.3, 0.4) is 0 Å². The summed E-state index contributed by atoms with van der Waals surface area (Å²) in [5.41, 5.74) is 0.372. The standard InChI is InChI=1S/C16H30N2O/c1-6-9-18(10-7-2)13-16(8-11-19-14-16)12-17-15(3,4)5/h6-7,17H,1-2,8-14H2,3-5H3. The summed E-state index contributed by atoms with van der Waals surface area (Å²) in [7, 11) is 0. The molecular formula is C16H30N2O. The minimum absolute atomic E-state index is 0.150. The Balaban J connectivity index is 2.63. The van der Waals surface area contributed by atoms with Gasteiger partial charge in [0.15, 0.2) is 0 Å². The van der Waals surface area contributed by atoms with Crippen LogP contribution < -0.4 is 5.32 Å². The molecule has 19 heavy (non-hydrogen) atoms. The number of hydrogen-bond acceptors (Lipinski definition) is 3. The van der Waals surface area contributed by atoms with Gasteiger partial charge in [-0.3, -0.25) is 4.90 Å². The molecule has 1 N–H and O–H groups in total. The van der Waals surface area contributed by atoms with Crippen LogP contribution in [0.15, 0.2) is 25.3 Å². The predicted octanol–water partition coefficient (Wildman–Crippen LogP) is 2.46. The topological polar surface area (TPSA) is 24.5 Å². The second-order valence-corrected chi connectivity index (χ2v) is 6.68. The van der Waals surface area contributed by atoms with Gasteiger partial charge in [-0.2, -0.15) is 0 Å². The van der Waals surface area contributed by atoms with E-state index < -0.39 is 0 Å². The summed E-state index contributed by atoms with van der Waals surface area (Å²) in [6, 6.07) is 0. The Morgan fingerprint density at radius 1 is 1.26 bits per heavy atom. The van der Waals surface area contributed by atoms with Crippen molar-refractivity contribution in [1.82, 2.24) is 10.2 Å². The molecule has 1 aliphatic heterocycles. The highest BCUT2D eigenvalue weighted by Crippen LogP contribution is 2.29. The summed E-state index contributed by atoms with van der Waals surface area (Å²) < 4.78 is 5.66. The van der Waals surface area contributed by atoms with Crippen LogP contribution >= 0.6 is 0 Å². The first-order valence-corrected chi connectivity index (χ1v) is 7.18. The van der Waals surface area contributed by atoms with E-state index in [-0.39, 0.29) is 11.0 Å². The molecule has 0 amide bonds. The zero-order chi connectivity index (χ0) is 14.4. The first-order chi connectivity index (χ1) is 8.91. The molecule has 1 aliphatic rings. The van der Waals surface area contributed by atoms with Crippen molar-refractivity contribution in [3.8, 4) is 0 Å². The lowest BCUT2D eigenvalue weighted by atomic mass is 9.85. The van der Waals surface area contributed by atoms with Crippen LogP contribution in [0.5, 0.6) is 0 Å². The first-order valence-electron chi connectivity index (χ1n) is 7.18. The van der Waals surface area contributed by atoms with E-state index >= 15 is 0 Å². The third-order valence-electron chi connectivity index (χ3n) is 3.51. The maximum absolute atomic E-state index is 5.66. The fourth-order valence-electron chi connectivity index (χ4n) is 2.47. The molecule has 1 unspecified atom stereocenters. The highest BCUT2D eigenvalue weighted by molar-refractivity contribution is 4.93. The maximum atomic E-state index is 5.66. The van der Waals surface area contributed by atoms with E-state index in [0.29, 0.717) is 0 Å². The molecule has 0 aromatic carbocycles. The first kappa shape index (κ1) is 16.4. The van der Waals surface area contributed by atoms with Crippen LogP contribution in [0.4, 0.5) is 0 Å². The van der Waals surface area contributed by atoms with Gasteiger partial charge >= 0.3 is 0 Å². The minimum Gasteiger partial charge on any atom is -0.381 e. The van der Waals surface area contributed by atoms with E-state index in [1.807, 2.05) is 12.2 Å². The minimum atomic E-state index is 0.150. The Morgan fingerprint density at radius 2 is 1.89 bits per heavy atom. The fourth-order valence-corrected chi connectivity index (χ4v) is 2.47. The molecule has 1 fully saturated rings. The normalized spacial score (nSPS) is 23.8. The lowest BCUT2D eigenvalue weighted by Gasteiger charge is -2.36. The summed E-state index contributed by atoms with van der Waals surface area (Å²) in [5.74, 6) is 0. The average molecular weight is 266 g/mol. The van der Waals surface area contributed by atoms with Gasteiger partial charge in [0.25, 0.3) is 0 Å². The van der Waals surface area contributed by atoms with Crippen LogP contribution in [0, 0.1) is 5.41 Å². The summed E-state index contributed by atoms with van der Waals surface area (Å²) >= 11 is 0. The zero-order valence-electron chi connectivity index (χ0n) is 12.9. The molecular weight excluding hydrogens is 236 g/mol. The van der Waals surface area contributed by atoms with E-state index in [4.69, 9.17) is 4.74 Å². The summed E-state index contributed by atoms with van der Waals surface area (Å²) in [4.78, 5) is 2.39. The zero-order valence-corrected chi connectivity index (χ0v) is 12.9. The van der Waals surface area contributed by atoms with Gasteiger partial charge in [-0.25, -0.2) is 0 Å². The molecule has 0 radical (unpaired) electrons. The number of ether oxygens (including phenoxy) is 1.